The Balaban J connectivity index is 2.48. The summed E-state index contributed by atoms with van der Waals surface area (Å²) in [5.41, 5.74) is 2.16. The Bertz CT molecular complexity index is 863. The van der Waals surface area contributed by atoms with Crippen molar-refractivity contribution in [3.63, 3.8) is 0 Å². The van der Waals surface area contributed by atoms with E-state index >= 15 is 0 Å². The summed E-state index contributed by atoms with van der Waals surface area (Å²) in [6.45, 7) is 0. The van der Waals surface area contributed by atoms with E-state index < -0.39 is 0 Å². The summed E-state index contributed by atoms with van der Waals surface area (Å²) in [5, 5.41) is 0. The van der Waals surface area contributed by atoms with Crippen molar-refractivity contribution in [1.29, 1.82) is 0 Å². The van der Waals surface area contributed by atoms with Gasteiger partial charge < -0.3 is 4.90 Å². The molecule has 0 fully saturated rings. The summed E-state index contributed by atoms with van der Waals surface area (Å²) >= 11 is 0. The number of hydrogen-bond acceptors (Lipinski definition) is 4. The van der Waals surface area contributed by atoms with Crippen LogP contribution < -0.4 is 16.1 Å². The van der Waals surface area contributed by atoms with E-state index in [1.807, 2.05) is 55.2 Å². The van der Waals surface area contributed by atoms with Crippen molar-refractivity contribution in [3.05, 3.63) is 56.2 Å². The van der Waals surface area contributed by atoms with Crippen molar-refractivity contribution in [1.82, 2.24) is 14.0 Å². The summed E-state index contributed by atoms with van der Waals surface area (Å²) in [5.74, 6) is 0.658. The summed E-state index contributed by atoms with van der Waals surface area (Å²) in [6, 6.07) is 7.81. The lowest BCUT2D eigenvalue weighted by atomic mass is 9.92. The molecule has 2 heterocycles. The molecule has 6 nitrogen and oxygen atoms in total. The van der Waals surface area contributed by atoms with Crippen molar-refractivity contribution in [2.45, 2.75) is 6.04 Å². The maximum Gasteiger partial charge on any atom is 0.332 e. The number of fused-ring (bicyclic) bond motifs is 2. The van der Waals surface area contributed by atoms with Gasteiger partial charge in [-0.3, -0.25) is 18.8 Å². The van der Waals surface area contributed by atoms with Gasteiger partial charge in [-0.1, -0.05) is 18.2 Å². The van der Waals surface area contributed by atoms with Gasteiger partial charge in [0.2, 0.25) is 0 Å². The minimum Gasteiger partial charge on any atom is -0.330 e. The summed E-state index contributed by atoms with van der Waals surface area (Å²) < 4.78 is 2.72. The Labute approximate surface area is 128 Å². The molecule has 1 aromatic heterocycles. The number of rotatable bonds is 1. The van der Waals surface area contributed by atoms with Crippen LogP contribution in [0.2, 0.25) is 0 Å². The number of nitrogens with zero attached hydrogens (tertiary/aromatic N) is 4. The highest BCUT2D eigenvalue weighted by molar-refractivity contribution is 5.72. The van der Waals surface area contributed by atoms with Gasteiger partial charge in [0.1, 0.15) is 5.82 Å². The first-order chi connectivity index (χ1) is 10.4. The number of para-hydroxylation sites is 1. The van der Waals surface area contributed by atoms with E-state index in [2.05, 4.69) is 0 Å². The number of benzene rings is 1. The van der Waals surface area contributed by atoms with Gasteiger partial charge in [-0.2, -0.15) is 0 Å². The van der Waals surface area contributed by atoms with Gasteiger partial charge in [0, 0.05) is 26.8 Å². The molecule has 1 aromatic carbocycles. The fourth-order valence-corrected chi connectivity index (χ4v) is 3.33. The molecule has 6 heteroatoms. The Hall–Kier alpha value is -2.34. The summed E-state index contributed by atoms with van der Waals surface area (Å²) in [4.78, 5) is 29.0. The van der Waals surface area contributed by atoms with Gasteiger partial charge in [-0.05, 0) is 25.7 Å². The molecule has 0 aliphatic carbocycles. The number of aromatic nitrogens is 2. The lowest BCUT2D eigenvalue weighted by molar-refractivity contribution is 0.334. The molecule has 2 aromatic rings. The van der Waals surface area contributed by atoms with Crippen LogP contribution in [0.4, 0.5) is 11.5 Å². The first-order valence-corrected chi connectivity index (χ1v) is 7.15. The maximum absolute atomic E-state index is 12.8. The molecule has 0 amide bonds. The van der Waals surface area contributed by atoms with Crippen molar-refractivity contribution >= 4 is 11.5 Å². The average Bonchev–Trinajstić information content (AvgIpc) is 2.50. The molecule has 1 atom stereocenters. The van der Waals surface area contributed by atoms with Crippen LogP contribution in [0, 0.1) is 0 Å². The molecule has 0 spiro atoms. The van der Waals surface area contributed by atoms with E-state index in [4.69, 9.17) is 0 Å². The van der Waals surface area contributed by atoms with E-state index in [1.165, 1.54) is 11.6 Å². The van der Waals surface area contributed by atoms with Gasteiger partial charge in [-0.15, -0.1) is 0 Å². The molecule has 0 radical (unpaired) electrons. The summed E-state index contributed by atoms with van der Waals surface area (Å²) in [7, 11) is 9.01. The number of anilines is 2. The third-order valence-electron chi connectivity index (χ3n) is 4.37. The Kier molecular flexibility index (Phi) is 3.21. The normalized spacial score (nSPS) is 16.6. The zero-order valence-electron chi connectivity index (χ0n) is 13.5. The molecule has 3 rings (SSSR count). The van der Waals surface area contributed by atoms with E-state index in [9.17, 15) is 9.59 Å². The van der Waals surface area contributed by atoms with E-state index in [0.717, 1.165) is 11.3 Å². The first-order valence-electron chi connectivity index (χ1n) is 7.15. The molecule has 0 saturated heterocycles. The molecule has 1 aliphatic rings. The predicted molar refractivity (Wildman–Crippen MR) is 87.0 cm³/mol. The molecule has 0 saturated carbocycles. The van der Waals surface area contributed by atoms with Crippen LogP contribution in [0.1, 0.15) is 17.2 Å². The SMILES string of the molecule is CN1c2ccccc2[C@H](N(C)C)c2c1n(C)c(=O)n(C)c2=O. The Morgan fingerprint density at radius 3 is 2.27 bits per heavy atom. The topological polar surface area (TPSA) is 50.5 Å². The molecular formula is C16H20N4O2. The largest absolute Gasteiger partial charge is 0.332 e. The average molecular weight is 300 g/mol. The molecule has 0 bridgehead atoms. The predicted octanol–water partition coefficient (Wildman–Crippen LogP) is 0.816. The van der Waals surface area contributed by atoms with Crippen molar-refractivity contribution in [2.75, 3.05) is 26.0 Å². The lowest BCUT2D eigenvalue weighted by Gasteiger charge is -2.38. The van der Waals surface area contributed by atoms with E-state index in [-0.39, 0.29) is 17.3 Å². The van der Waals surface area contributed by atoms with E-state index in [1.54, 1.807) is 11.6 Å². The highest BCUT2D eigenvalue weighted by Gasteiger charge is 2.35. The minimum absolute atomic E-state index is 0.173. The molecule has 0 unspecified atom stereocenters. The minimum atomic E-state index is -0.313. The van der Waals surface area contributed by atoms with E-state index in [0.29, 0.717) is 11.4 Å². The Morgan fingerprint density at radius 1 is 1.00 bits per heavy atom. The fourth-order valence-electron chi connectivity index (χ4n) is 3.33. The van der Waals surface area contributed by atoms with Gasteiger partial charge >= 0.3 is 5.69 Å². The van der Waals surface area contributed by atoms with Crippen LogP contribution in [0.25, 0.3) is 0 Å². The second-order valence-corrected chi connectivity index (χ2v) is 5.93. The van der Waals surface area contributed by atoms with Crippen LogP contribution in [0.3, 0.4) is 0 Å². The summed E-state index contributed by atoms with van der Waals surface area (Å²) in [6.07, 6.45) is 0. The van der Waals surface area contributed by atoms with Crippen molar-refractivity contribution in [3.8, 4) is 0 Å². The van der Waals surface area contributed by atoms with Crippen molar-refractivity contribution < 1.29 is 0 Å². The van der Waals surface area contributed by atoms with Crippen LogP contribution in [-0.4, -0.2) is 35.2 Å². The smallest absolute Gasteiger partial charge is 0.330 e. The fraction of sp³-hybridized carbons (Fsp3) is 0.375. The standard InChI is InChI=1S/C16H20N4O2/c1-17(2)13-10-8-6-7-9-11(10)18(3)14-12(13)15(21)20(5)16(22)19(14)4/h6-9,13H,1-5H3/t13-/m0/s1. The zero-order chi connectivity index (χ0) is 16.2. The third-order valence-corrected chi connectivity index (χ3v) is 4.37. The third kappa shape index (κ3) is 1.77. The first kappa shape index (κ1) is 14.6. The van der Waals surface area contributed by atoms with Gasteiger partial charge in [-0.25, -0.2) is 4.79 Å². The van der Waals surface area contributed by atoms with Gasteiger partial charge in [0.25, 0.3) is 5.56 Å². The quantitative estimate of drug-likeness (QED) is 0.782. The van der Waals surface area contributed by atoms with Crippen LogP contribution in [0.5, 0.6) is 0 Å². The molecule has 22 heavy (non-hydrogen) atoms. The number of hydrogen-bond donors (Lipinski definition) is 0. The molecule has 1 aliphatic heterocycles. The van der Waals surface area contributed by atoms with Crippen molar-refractivity contribution in [2.24, 2.45) is 14.1 Å². The molecule has 0 N–H and O–H groups in total. The highest BCUT2D eigenvalue weighted by atomic mass is 16.2. The second-order valence-electron chi connectivity index (χ2n) is 5.93. The van der Waals surface area contributed by atoms with Crippen LogP contribution in [-0.2, 0) is 14.1 Å². The Morgan fingerprint density at radius 2 is 1.64 bits per heavy atom. The lowest BCUT2D eigenvalue weighted by Crippen LogP contribution is -2.45. The monoisotopic (exact) mass is 300 g/mol. The second kappa shape index (κ2) is 4.84. The highest BCUT2D eigenvalue weighted by Crippen LogP contribution is 2.42. The van der Waals surface area contributed by atoms with Crippen LogP contribution in [0.15, 0.2) is 33.9 Å². The van der Waals surface area contributed by atoms with Gasteiger partial charge in [0.15, 0.2) is 0 Å². The van der Waals surface area contributed by atoms with Gasteiger partial charge in [0.05, 0.1) is 11.6 Å². The maximum atomic E-state index is 12.8. The van der Waals surface area contributed by atoms with Crippen LogP contribution >= 0.6 is 0 Å². The zero-order valence-corrected chi connectivity index (χ0v) is 13.5. The molecular weight excluding hydrogens is 280 g/mol. The molecule has 116 valence electrons.